The largest absolute Gasteiger partial charge is 0.0616 e. The van der Waals surface area contributed by atoms with Crippen LogP contribution in [0.2, 0.25) is 0 Å². The minimum Gasteiger partial charge on any atom is -0.0616 e. The number of hydrogen-bond donors (Lipinski definition) is 0. The highest BCUT2D eigenvalue weighted by atomic mass is 14.2. The third-order valence-electron chi connectivity index (χ3n) is 7.70. The zero-order chi connectivity index (χ0) is 24.2. The van der Waals surface area contributed by atoms with Crippen LogP contribution in [0, 0.1) is 13.8 Å². The van der Waals surface area contributed by atoms with E-state index in [1.807, 2.05) is 0 Å². The summed E-state index contributed by atoms with van der Waals surface area (Å²) in [6.45, 7) is 4.48. The molecule has 0 N–H and O–H groups in total. The molecule has 0 saturated heterocycles. The van der Waals surface area contributed by atoms with Crippen molar-refractivity contribution in [2.24, 2.45) is 0 Å². The first-order valence-electron chi connectivity index (χ1n) is 12.6. The van der Waals surface area contributed by atoms with Gasteiger partial charge in [0.25, 0.3) is 0 Å². The fraction of sp³-hybridized carbons (Fsp3) is 0.0556. The molecule has 170 valence electrons. The zero-order valence-corrected chi connectivity index (χ0v) is 20.5. The molecule has 0 unspecified atom stereocenters. The smallest absolute Gasteiger partial charge is 0.00177 e. The molecule has 7 aromatic rings. The van der Waals surface area contributed by atoms with E-state index in [1.54, 1.807) is 0 Å². The fourth-order valence-corrected chi connectivity index (χ4v) is 6.03. The lowest BCUT2D eigenvalue weighted by atomic mass is 9.84. The van der Waals surface area contributed by atoms with E-state index in [2.05, 4.69) is 135 Å². The first-order chi connectivity index (χ1) is 17.7. The molecule has 0 amide bonds. The molecule has 0 aliphatic carbocycles. The van der Waals surface area contributed by atoms with Gasteiger partial charge in [0.1, 0.15) is 0 Å². The molecule has 0 aromatic heterocycles. The van der Waals surface area contributed by atoms with Gasteiger partial charge in [-0.25, -0.2) is 0 Å². The molecule has 0 atom stereocenters. The van der Waals surface area contributed by atoms with Crippen LogP contribution in [-0.2, 0) is 0 Å². The highest BCUT2D eigenvalue weighted by Crippen LogP contribution is 2.45. The Hall–Kier alpha value is -4.42. The maximum atomic E-state index is 2.39. The van der Waals surface area contributed by atoms with Crippen molar-refractivity contribution < 1.29 is 0 Å². The van der Waals surface area contributed by atoms with Crippen molar-refractivity contribution in [1.29, 1.82) is 0 Å². The van der Waals surface area contributed by atoms with Crippen molar-refractivity contribution in [3.8, 4) is 22.3 Å². The molecule has 0 aliphatic heterocycles. The molecular weight excluding hydrogens is 432 g/mol. The number of fused-ring (bicyclic) bond motifs is 4. The van der Waals surface area contributed by atoms with E-state index in [0.717, 1.165) is 0 Å². The van der Waals surface area contributed by atoms with Crippen molar-refractivity contribution in [2.45, 2.75) is 13.8 Å². The predicted molar refractivity (Wildman–Crippen MR) is 157 cm³/mol. The van der Waals surface area contributed by atoms with Crippen molar-refractivity contribution in [1.82, 2.24) is 0 Å². The first-order valence-corrected chi connectivity index (χ1v) is 12.6. The Labute approximate surface area is 211 Å². The summed E-state index contributed by atoms with van der Waals surface area (Å²) in [5.41, 5.74) is 7.90. The van der Waals surface area contributed by atoms with E-state index in [1.165, 1.54) is 76.5 Å². The molecule has 0 saturated carbocycles. The van der Waals surface area contributed by atoms with E-state index < -0.39 is 0 Å². The van der Waals surface area contributed by atoms with E-state index in [0.29, 0.717) is 0 Å². The minimum absolute atomic E-state index is 1.28. The highest BCUT2D eigenvalue weighted by Gasteiger charge is 2.18. The molecule has 7 aromatic carbocycles. The van der Waals surface area contributed by atoms with Gasteiger partial charge in [-0.1, -0.05) is 115 Å². The number of benzene rings is 7. The van der Waals surface area contributed by atoms with Crippen molar-refractivity contribution >= 4 is 43.1 Å². The van der Waals surface area contributed by atoms with Crippen LogP contribution in [0.4, 0.5) is 0 Å². The summed E-state index contributed by atoms with van der Waals surface area (Å²) in [5.74, 6) is 0. The Kier molecular flexibility index (Phi) is 4.69. The molecule has 0 nitrogen and oxygen atoms in total. The summed E-state index contributed by atoms with van der Waals surface area (Å²) in [6.07, 6.45) is 0. The average molecular weight is 459 g/mol. The second kappa shape index (κ2) is 8.07. The highest BCUT2D eigenvalue weighted by molar-refractivity contribution is 6.20. The fourth-order valence-electron chi connectivity index (χ4n) is 6.03. The topological polar surface area (TPSA) is 0 Å². The van der Waals surface area contributed by atoms with Gasteiger partial charge >= 0.3 is 0 Å². The summed E-state index contributed by atoms with van der Waals surface area (Å²) in [5, 5.41) is 10.4. The SMILES string of the molecule is Cc1ccc2ccccc2c1-c1cccc2c(-c3c(C)ccc4ccccc34)c3ccccc3cc12. The predicted octanol–water partition coefficient (Wildman–Crippen LogP) is 10.3. The normalized spacial score (nSPS) is 11.6. The van der Waals surface area contributed by atoms with Gasteiger partial charge < -0.3 is 0 Å². The Morgan fingerprint density at radius 1 is 0.333 bits per heavy atom. The molecule has 0 aliphatic rings. The second-order valence-electron chi connectivity index (χ2n) is 9.83. The third kappa shape index (κ3) is 3.08. The molecule has 0 fully saturated rings. The van der Waals surface area contributed by atoms with Crippen LogP contribution in [0.25, 0.3) is 65.3 Å². The Morgan fingerprint density at radius 3 is 1.50 bits per heavy atom. The summed E-state index contributed by atoms with van der Waals surface area (Å²) in [4.78, 5) is 0. The maximum Gasteiger partial charge on any atom is -0.00177 e. The van der Waals surface area contributed by atoms with Gasteiger partial charge in [0.05, 0.1) is 0 Å². The standard InChI is InChI=1S/C36H26/c1-23-18-20-25-10-3-6-13-28(25)34(23)31-16-9-17-32-33(31)22-27-12-5-8-15-30(27)36(32)35-24(2)19-21-26-11-4-7-14-29(26)35/h3-22H,1-2H3. The Morgan fingerprint density at radius 2 is 0.833 bits per heavy atom. The summed E-state index contributed by atoms with van der Waals surface area (Å²) in [7, 11) is 0. The van der Waals surface area contributed by atoms with E-state index in [-0.39, 0.29) is 0 Å². The van der Waals surface area contributed by atoms with E-state index >= 15 is 0 Å². The average Bonchev–Trinajstić information content (AvgIpc) is 2.92. The molecule has 7 rings (SSSR count). The van der Waals surface area contributed by atoms with Crippen LogP contribution in [0.5, 0.6) is 0 Å². The lowest BCUT2D eigenvalue weighted by Gasteiger charge is -2.19. The number of hydrogen-bond acceptors (Lipinski definition) is 0. The summed E-state index contributed by atoms with van der Waals surface area (Å²) >= 11 is 0. The molecule has 36 heavy (non-hydrogen) atoms. The van der Waals surface area contributed by atoms with Crippen LogP contribution in [0.1, 0.15) is 11.1 Å². The van der Waals surface area contributed by atoms with Crippen molar-refractivity contribution in [3.63, 3.8) is 0 Å². The van der Waals surface area contributed by atoms with Crippen LogP contribution in [0.3, 0.4) is 0 Å². The molecule has 0 heterocycles. The van der Waals surface area contributed by atoms with E-state index in [4.69, 9.17) is 0 Å². The molecule has 0 bridgehead atoms. The monoisotopic (exact) mass is 458 g/mol. The van der Waals surface area contributed by atoms with Crippen molar-refractivity contribution in [3.05, 3.63) is 132 Å². The van der Waals surface area contributed by atoms with Gasteiger partial charge in [0.15, 0.2) is 0 Å². The third-order valence-corrected chi connectivity index (χ3v) is 7.70. The maximum absolute atomic E-state index is 2.39. The number of rotatable bonds is 2. The Bertz CT molecular complexity index is 1960. The number of aryl methyl sites for hydroxylation is 2. The van der Waals surface area contributed by atoms with Gasteiger partial charge in [-0.15, -0.1) is 0 Å². The molecular formula is C36H26. The van der Waals surface area contributed by atoms with Gasteiger partial charge in [0.2, 0.25) is 0 Å². The minimum atomic E-state index is 1.28. The summed E-state index contributed by atoms with van der Waals surface area (Å²) in [6, 6.07) is 44.6. The summed E-state index contributed by atoms with van der Waals surface area (Å²) < 4.78 is 0. The van der Waals surface area contributed by atoms with Crippen molar-refractivity contribution in [2.75, 3.05) is 0 Å². The lowest BCUT2D eigenvalue weighted by molar-refractivity contribution is 1.49. The molecule has 0 heteroatoms. The lowest BCUT2D eigenvalue weighted by Crippen LogP contribution is -1.93. The van der Waals surface area contributed by atoms with Gasteiger partial charge in [-0.3, -0.25) is 0 Å². The molecule has 0 radical (unpaired) electrons. The van der Waals surface area contributed by atoms with E-state index in [9.17, 15) is 0 Å². The van der Waals surface area contributed by atoms with Crippen LogP contribution < -0.4 is 0 Å². The Balaban J connectivity index is 1.69. The molecule has 0 spiro atoms. The first kappa shape index (κ1) is 20.9. The van der Waals surface area contributed by atoms with Crippen LogP contribution in [0.15, 0.2) is 121 Å². The van der Waals surface area contributed by atoms with Crippen LogP contribution >= 0.6 is 0 Å². The van der Waals surface area contributed by atoms with Gasteiger partial charge in [-0.05, 0) is 96.4 Å². The van der Waals surface area contributed by atoms with Gasteiger partial charge in [0, 0.05) is 0 Å². The van der Waals surface area contributed by atoms with Crippen LogP contribution in [-0.4, -0.2) is 0 Å². The zero-order valence-electron chi connectivity index (χ0n) is 20.5. The van der Waals surface area contributed by atoms with Gasteiger partial charge in [-0.2, -0.15) is 0 Å². The second-order valence-corrected chi connectivity index (χ2v) is 9.83. The quantitative estimate of drug-likeness (QED) is 0.226.